The fourth-order valence-corrected chi connectivity index (χ4v) is 1.06. The predicted octanol–water partition coefficient (Wildman–Crippen LogP) is 1.33. The molecule has 74 valence electrons. The molecular formula is C9H11N3O2. The average molecular weight is 193 g/mol. The fourth-order valence-electron chi connectivity index (χ4n) is 1.06. The van der Waals surface area contributed by atoms with Gasteiger partial charge in [-0.25, -0.2) is 9.98 Å². The van der Waals surface area contributed by atoms with Crippen molar-refractivity contribution in [2.75, 3.05) is 0 Å². The molecule has 0 spiro atoms. The molecule has 0 unspecified atom stereocenters. The van der Waals surface area contributed by atoms with Crippen molar-refractivity contribution in [3.8, 4) is 0 Å². The summed E-state index contributed by atoms with van der Waals surface area (Å²) in [5.74, 6) is -0.407. The molecule has 5 nitrogen and oxygen atoms in total. The molecule has 0 aliphatic rings. The number of aromatic nitrogens is 2. The van der Waals surface area contributed by atoms with E-state index in [2.05, 4.69) is 16.6 Å². The van der Waals surface area contributed by atoms with Crippen molar-refractivity contribution < 1.29 is 9.90 Å². The van der Waals surface area contributed by atoms with E-state index in [-0.39, 0.29) is 6.54 Å². The van der Waals surface area contributed by atoms with Gasteiger partial charge < -0.3 is 9.67 Å². The lowest BCUT2D eigenvalue weighted by molar-refractivity contribution is -0.137. The molecule has 1 heterocycles. The molecule has 0 saturated carbocycles. The lowest BCUT2D eigenvalue weighted by Crippen LogP contribution is -2.07. The van der Waals surface area contributed by atoms with Crippen molar-refractivity contribution in [1.82, 2.24) is 9.55 Å². The van der Waals surface area contributed by atoms with E-state index in [9.17, 15) is 4.79 Å². The van der Waals surface area contributed by atoms with Gasteiger partial charge in [0.25, 0.3) is 0 Å². The van der Waals surface area contributed by atoms with Gasteiger partial charge >= 0.3 is 5.97 Å². The minimum absolute atomic E-state index is 0.145. The third kappa shape index (κ3) is 2.07. The van der Waals surface area contributed by atoms with Gasteiger partial charge in [-0.2, -0.15) is 0 Å². The molecule has 1 aromatic rings. The summed E-state index contributed by atoms with van der Waals surface area (Å²) in [5, 5.41) is 8.62. The first-order valence-electron chi connectivity index (χ1n) is 4.07. The Kier molecular flexibility index (Phi) is 3.17. The second kappa shape index (κ2) is 4.36. The fraction of sp³-hybridized carbons (Fsp3) is 0.222. The lowest BCUT2D eigenvalue weighted by Gasteiger charge is -2.00. The topological polar surface area (TPSA) is 67.5 Å². The van der Waals surface area contributed by atoms with E-state index in [1.807, 2.05) is 0 Å². The van der Waals surface area contributed by atoms with Crippen LogP contribution in [0.15, 0.2) is 17.9 Å². The number of imidazole rings is 1. The van der Waals surface area contributed by atoms with Crippen LogP contribution in [0.3, 0.4) is 0 Å². The molecule has 0 atom stereocenters. The second-order valence-electron chi connectivity index (χ2n) is 2.57. The number of carboxylic acids is 1. The summed E-state index contributed by atoms with van der Waals surface area (Å²) in [7, 11) is 0. The highest BCUT2D eigenvalue weighted by Gasteiger charge is 2.08. The Labute approximate surface area is 81.4 Å². The van der Waals surface area contributed by atoms with E-state index in [0.29, 0.717) is 11.5 Å². The Morgan fingerprint density at radius 2 is 2.57 bits per heavy atom. The van der Waals surface area contributed by atoms with Crippen LogP contribution in [0.2, 0.25) is 0 Å². The van der Waals surface area contributed by atoms with E-state index < -0.39 is 5.97 Å². The largest absolute Gasteiger partial charge is 0.480 e. The summed E-state index contributed by atoms with van der Waals surface area (Å²) in [5.41, 5.74) is 0.587. The highest BCUT2D eigenvalue weighted by molar-refractivity contribution is 5.69. The van der Waals surface area contributed by atoms with Crippen LogP contribution in [-0.4, -0.2) is 26.8 Å². The molecule has 14 heavy (non-hydrogen) atoms. The minimum Gasteiger partial charge on any atom is -0.480 e. The van der Waals surface area contributed by atoms with Crippen LogP contribution in [-0.2, 0) is 11.3 Å². The van der Waals surface area contributed by atoms with Gasteiger partial charge in [-0.3, -0.25) is 4.79 Å². The standard InChI is InChI=1S/C9H11N3O2/c1-3-7-9(10-4-2)12(6-11-7)5-8(13)14/h3-4,6H,1,5H2,2H3,(H,13,14)/b10-4-. The molecule has 0 aliphatic heterocycles. The van der Waals surface area contributed by atoms with Crippen molar-refractivity contribution in [2.45, 2.75) is 13.5 Å². The predicted molar refractivity (Wildman–Crippen MR) is 53.8 cm³/mol. The molecule has 0 bridgehead atoms. The first kappa shape index (κ1) is 10.2. The Morgan fingerprint density at radius 3 is 3.07 bits per heavy atom. The van der Waals surface area contributed by atoms with Crippen molar-refractivity contribution in [3.63, 3.8) is 0 Å². The van der Waals surface area contributed by atoms with Gasteiger partial charge in [0.15, 0.2) is 5.82 Å². The quantitative estimate of drug-likeness (QED) is 0.733. The number of aliphatic imine (C=N–C) groups is 1. The van der Waals surface area contributed by atoms with Gasteiger partial charge in [0.05, 0.1) is 6.33 Å². The molecule has 0 aliphatic carbocycles. The number of carbonyl (C=O) groups is 1. The minimum atomic E-state index is -0.925. The van der Waals surface area contributed by atoms with Gasteiger partial charge in [0.2, 0.25) is 0 Å². The highest BCUT2D eigenvalue weighted by atomic mass is 16.4. The summed E-state index contributed by atoms with van der Waals surface area (Å²) < 4.78 is 1.46. The molecule has 1 aromatic heterocycles. The normalized spacial score (nSPS) is 10.6. The van der Waals surface area contributed by atoms with E-state index >= 15 is 0 Å². The van der Waals surface area contributed by atoms with Crippen LogP contribution >= 0.6 is 0 Å². The van der Waals surface area contributed by atoms with Crippen molar-refractivity contribution >= 4 is 24.1 Å². The maximum atomic E-state index is 10.5. The number of hydrogen-bond donors (Lipinski definition) is 1. The van der Waals surface area contributed by atoms with E-state index in [0.717, 1.165) is 0 Å². The maximum absolute atomic E-state index is 10.5. The Bertz CT molecular complexity index is 379. The zero-order chi connectivity index (χ0) is 10.6. The molecule has 0 amide bonds. The van der Waals surface area contributed by atoms with Crippen LogP contribution in [0, 0.1) is 0 Å². The summed E-state index contributed by atoms with van der Waals surface area (Å²) >= 11 is 0. The molecule has 1 rings (SSSR count). The summed E-state index contributed by atoms with van der Waals surface area (Å²) in [4.78, 5) is 18.5. The van der Waals surface area contributed by atoms with Gasteiger partial charge in [0.1, 0.15) is 12.2 Å². The highest BCUT2D eigenvalue weighted by Crippen LogP contribution is 2.18. The number of rotatable bonds is 4. The first-order valence-corrected chi connectivity index (χ1v) is 4.07. The first-order chi connectivity index (χ1) is 6.69. The Hall–Kier alpha value is -1.91. The molecular weight excluding hydrogens is 182 g/mol. The van der Waals surface area contributed by atoms with E-state index in [1.165, 1.54) is 10.9 Å². The third-order valence-electron chi connectivity index (χ3n) is 1.59. The summed E-state index contributed by atoms with van der Waals surface area (Å²) in [6.45, 7) is 5.18. The summed E-state index contributed by atoms with van der Waals surface area (Å²) in [6.07, 6.45) is 4.57. The Morgan fingerprint density at radius 1 is 1.86 bits per heavy atom. The monoisotopic (exact) mass is 193 g/mol. The van der Waals surface area contributed by atoms with Crippen molar-refractivity contribution in [1.29, 1.82) is 0 Å². The molecule has 1 N–H and O–H groups in total. The number of aliphatic carboxylic acids is 1. The maximum Gasteiger partial charge on any atom is 0.323 e. The van der Waals surface area contributed by atoms with Gasteiger partial charge in [-0.05, 0) is 13.0 Å². The van der Waals surface area contributed by atoms with Crippen LogP contribution in [0.25, 0.3) is 6.08 Å². The van der Waals surface area contributed by atoms with Gasteiger partial charge in [0, 0.05) is 6.21 Å². The number of nitrogens with zero attached hydrogens (tertiary/aromatic N) is 3. The average Bonchev–Trinajstić information content (AvgIpc) is 2.48. The number of hydrogen-bond acceptors (Lipinski definition) is 3. The van der Waals surface area contributed by atoms with E-state index in [1.54, 1.807) is 19.2 Å². The van der Waals surface area contributed by atoms with Gasteiger partial charge in [-0.1, -0.05) is 6.58 Å². The van der Waals surface area contributed by atoms with Crippen LogP contribution in [0.5, 0.6) is 0 Å². The molecule has 5 heteroatoms. The van der Waals surface area contributed by atoms with Gasteiger partial charge in [-0.15, -0.1) is 0 Å². The lowest BCUT2D eigenvalue weighted by atomic mass is 10.4. The third-order valence-corrected chi connectivity index (χ3v) is 1.59. The SMILES string of the molecule is C=Cc1ncn(CC(=O)O)c1/N=C\C. The van der Waals surface area contributed by atoms with Crippen LogP contribution < -0.4 is 0 Å². The molecule has 0 aromatic carbocycles. The zero-order valence-electron chi connectivity index (χ0n) is 7.84. The smallest absolute Gasteiger partial charge is 0.323 e. The zero-order valence-corrected chi connectivity index (χ0v) is 7.84. The van der Waals surface area contributed by atoms with Crippen molar-refractivity contribution in [3.05, 3.63) is 18.6 Å². The Balaban J connectivity index is 3.09. The van der Waals surface area contributed by atoms with Crippen LogP contribution in [0.4, 0.5) is 5.82 Å². The second-order valence-corrected chi connectivity index (χ2v) is 2.57. The summed E-state index contributed by atoms with van der Waals surface area (Å²) in [6, 6.07) is 0. The molecule has 0 fully saturated rings. The van der Waals surface area contributed by atoms with Crippen molar-refractivity contribution in [2.24, 2.45) is 4.99 Å². The molecule has 0 radical (unpaired) electrons. The van der Waals surface area contributed by atoms with E-state index in [4.69, 9.17) is 5.11 Å². The molecule has 0 saturated heterocycles. The number of carboxylic acid groups (broad SMARTS) is 1. The van der Waals surface area contributed by atoms with Crippen LogP contribution in [0.1, 0.15) is 12.6 Å².